The predicted molar refractivity (Wildman–Crippen MR) is 80.8 cm³/mol. The van der Waals surface area contributed by atoms with E-state index in [1.165, 1.54) is 5.56 Å². The largest absolute Gasteiger partial charge is 0.497 e. The number of rotatable bonds is 3. The van der Waals surface area contributed by atoms with Gasteiger partial charge in [0.25, 0.3) is 0 Å². The molecule has 0 saturated heterocycles. The number of hydrogen-bond acceptors (Lipinski definition) is 2. The number of thiophene rings is 1. The number of halogens is 3. The van der Waals surface area contributed by atoms with Crippen molar-refractivity contribution in [2.75, 3.05) is 7.11 Å². The van der Waals surface area contributed by atoms with Gasteiger partial charge in [-0.05, 0) is 50.6 Å². The predicted octanol–water partition coefficient (Wildman–Crippen LogP) is 5.66. The summed E-state index contributed by atoms with van der Waals surface area (Å²) in [6.07, 6.45) is 0. The van der Waals surface area contributed by atoms with E-state index in [2.05, 4.69) is 43.3 Å². The van der Waals surface area contributed by atoms with E-state index in [9.17, 15) is 0 Å². The fourth-order valence-corrected chi connectivity index (χ4v) is 3.93. The molecule has 1 nitrogen and oxygen atoms in total. The monoisotopic (exact) mass is 394 g/mol. The van der Waals surface area contributed by atoms with Gasteiger partial charge in [-0.25, -0.2) is 0 Å². The molecule has 2 aromatic rings. The van der Waals surface area contributed by atoms with Gasteiger partial charge in [-0.2, -0.15) is 0 Å². The van der Waals surface area contributed by atoms with Crippen molar-refractivity contribution in [3.8, 4) is 5.75 Å². The topological polar surface area (TPSA) is 9.23 Å². The first-order valence-corrected chi connectivity index (χ1v) is 7.80. The smallest absolute Gasteiger partial charge is 0.120 e. The zero-order chi connectivity index (χ0) is 12.4. The summed E-state index contributed by atoms with van der Waals surface area (Å²) < 4.78 is 6.25. The standard InChI is InChI=1S/C12H9Br2ClOS/c1-16-8-2-3-9(10(15)5-8)12(14)7-4-11(13)17-6-7/h2-6,12H,1H3. The van der Waals surface area contributed by atoms with Crippen molar-refractivity contribution in [1.29, 1.82) is 0 Å². The van der Waals surface area contributed by atoms with Gasteiger partial charge in [-0.3, -0.25) is 0 Å². The SMILES string of the molecule is COc1ccc(C(Br)c2csc(Br)c2)c(Cl)c1. The van der Waals surface area contributed by atoms with Crippen molar-refractivity contribution >= 4 is 54.8 Å². The summed E-state index contributed by atoms with van der Waals surface area (Å²) in [5.41, 5.74) is 2.23. The first kappa shape index (κ1) is 13.4. The van der Waals surface area contributed by atoms with E-state index in [1.807, 2.05) is 18.2 Å². The number of hydrogen-bond donors (Lipinski definition) is 0. The molecule has 1 aromatic heterocycles. The lowest BCUT2D eigenvalue weighted by atomic mass is 10.1. The van der Waals surface area contributed by atoms with Gasteiger partial charge in [0.1, 0.15) is 5.75 Å². The second kappa shape index (κ2) is 5.74. The second-order valence-electron chi connectivity index (χ2n) is 3.43. The van der Waals surface area contributed by atoms with E-state index < -0.39 is 0 Å². The fourth-order valence-electron chi connectivity index (χ4n) is 1.48. The van der Waals surface area contributed by atoms with E-state index in [-0.39, 0.29) is 4.83 Å². The second-order valence-corrected chi connectivity index (χ2v) is 7.05. The van der Waals surface area contributed by atoms with E-state index >= 15 is 0 Å². The number of alkyl halides is 1. The third-order valence-electron chi connectivity index (χ3n) is 2.36. The van der Waals surface area contributed by atoms with Crippen LogP contribution in [0.15, 0.2) is 33.4 Å². The first-order chi connectivity index (χ1) is 8.11. The van der Waals surface area contributed by atoms with Gasteiger partial charge in [0, 0.05) is 5.02 Å². The normalized spacial score (nSPS) is 12.5. The lowest BCUT2D eigenvalue weighted by Gasteiger charge is -2.11. The van der Waals surface area contributed by atoms with Crippen LogP contribution < -0.4 is 4.74 Å². The van der Waals surface area contributed by atoms with Crippen LogP contribution in [-0.2, 0) is 0 Å². The van der Waals surface area contributed by atoms with Gasteiger partial charge in [-0.15, -0.1) is 11.3 Å². The molecule has 0 N–H and O–H groups in total. The summed E-state index contributed by atoms with van der Waals surface area (Å²) in [7, 11) is 1.63. The molecule has 0 bridgehead atoms. The number of benzene rings is 1. The molecule has 2 rings (SSSR count). The molecule has 0 aliphatic carbocycles. The molecule has 0 fully saturated rings. The molecule has 1 heterocycles. The van der Waals surface area contributed by atoms with Gasteiger partial charge < -0.3 is 4.74 Å². The Hall–Kier alpha value is -0.0300. The molecule has 0 aliphatic rings. The van der Waals surface area contributed by atoms with Crippen molar-refractivity contribution in [3.05, 3.63) is 49.6 Å². The van der Waals surface area contributed by atoms with E-state index in [0.717, 1.165) is 15.1 Å². The van der Waals surface area contributed by atoms with E-state index in [1.54, 1.807) is 18.4 Å². The van der Waals surface area contributed by atoms with Crippen LogP contribution in [0, 0.1) is 0 Å². The quantitative estimate of drug-likeness (QED) is 0.609. The Morgan fingerprint density at radius 1 is 1.35 bits per heavy atom. The summed E-state index contributed by atoms with van der Waals surface area (Å²) in [5.74, 6) is 0.768. The van der Waals surface area contributed by atoms with Crippen molar-refractivity contribution in [3.63, 3.8) is 0 Å². The minimum Gasteiger partial charge on any atom is -0.497 e. The minimum absolute atomic E-state index is 0.100. The highest BCUT2D eigenvalue weighted by Crippen LogP contribution is 2.39. The van der Waals surface area contributed by atoms with Crippen molar-refractivity contribution in [1.82, 2.24) is 0 Å². The van der Waals surface area contributed by atoms with Gasteiger partial charge in [0.15, 0.2) is 0 Å². The Kier molecular flexibility index (Phi) is 4.53. The highest BCUT2D eigenvalue weighted by atomic mass is 79.9. The van der Waals surface area contributed by atoms with Gasteiger partial charge in [0.05, 0.1) is 15.7 Å². The highest BCUT2D eigenvalue weighted by Gasteiger charge is 2.15. The molecule has 1 aromatic carbocycles. The molecular weight excluding hydrogens is 387 g/mol. The number of ether oxygens (including phenoxy) is 1. The Labute approximate surface area is 126 Å². The Bertz CT molecular complexity index is 527. The van der Waals surface area contributed by atoms with Crippen LogP contribution in [0.5, 0.6) is 5.75 Å². The molecule has 90 valence electrons. The molecule has 0 amide bonds. The Morgan fingerprint density at radius 3 is 2.65 bits per heavy atom. The van der Waals surface area contributed by atoms with Gasteiger partial charge >= 0.3 is 0 Å². The maximum Gasteiger partial charge on any atom is 0.120 e. The van der Waals surface area contributed by atoms with Gasteiger partial charge in [0.2, 0.25) is 0 Å². The van der Waals surface area contributed by atoms with Crippen molar-refractivity contribution in [2.24, 2.45) is 0 Å². The fraction of sp³-hybridized carbons (Fsp3) is 0.167. The van der Waals surface area contributed by atoms with E-state index in [4.69, 9.17) is 16.3 Å². The van der Waals surface area contributed by atoms with E-state index in [0.29, 0.717) is 5.02 Å². The summed E-state index contributed by atoms with van der Waals surface area (Å²) in [5, 5.41) is 2.80. The zero-order valence-electron chi connectivity index (χ0n) is 8.91. The Morgan fingerprint density at radius 2 is 2.12 bits per heavy atom. The van der Waals surface area contributed by atoms with Crippen molar-refractivity contribution < 1.29 is 4.74 Å². The number of methoxy groups -OCH3 is 1. The first-order valence-electron chi connectivity index (χ1n) is 4.83. The van der Waals surface area contributed by atoms with Gasteiger partial charge in [-0.1, -0.05) is 33.6 Å². The Balaban J connectivity index is 2.34. The molecule has 0 spiro atoms. The van der Waals surface area contributed by atoms with Crippen molar-refractivity contribution in [2.45, 2.75) is 4.83 Å². The average molecular weight is 397 g/mol. The zero-order valence-corrected chi connectivity index (χ0v) is 13.7. The summed E-state index contributed by atoms with van der Waals surface area (Å²) in [6.45, 7) is 0. The van der Waals surface area contributed by atoms with Crippen LogP contribution in [0.3, 0.4) is 0 Å². The highest BCUT2D eigenvalue weighted by molar-refractivity contribution is 9.11. The van der Waals surface area contributed by atoms with Crippen LogP contribution in [0.4, 0.5) is 0 Å². The lowest BCUT2D eigenvalue weighted by Crippen LogP contribution is -1.93. The maximum absolute atomic E-state index is 6.24. The molecule has 0 aliphatic heterocycles. The van der Waals surface area contributed by atoms with Crippen LogP contribution in [0.25, 0.3) is 0 Å². The van der Waals surface area contributed by atoms with Crippen LogP contribution in [-0.4, -0.2) is 7.11 Å². The minimum atomic E-state index is 0.100. The summed E-state index contributed by atoms with van der Waals surface area (Å²) in [6, 6.07) is 7.81. The molecule has 17 heavy (non-hydrogen) atoms. The molecular formula is C12H9Br2ClOS. The maximum atomic E-state index is 6.24. The molecule has 5 heteroatoms. The average Bonchev–Trinajstić information content (AvgIpc) is 2.75. The summed E-state index contributed by atoms with van der Waals surface area (Å²) in [4.78, 5) is 0.100. The third kappa shape index (κ3) is 3.05. The molecule has 0 saturated carbocycles. The van der Waals surface area contributed by atoms with Crippen LogP contribution >= 0.6 is 54.8 Å². The van der Waals surface area contributed by atoms with Crippen LogP contribution in [0.2, 0.25) is 5.02 Å². The molecule has 1 unspecified atom stereocenters. The molecule has 1 atom stereocenters. The third-order valence-corrected chi connectivity index (χ3v) is 5.23. The lowest BCUT2D eigenvalue weighted by molar-refractivity contribution is 0.414. The summed E-state index contributed by atoms with van der Waals surface area (Å²) >= 11 is 15.0. The molecule has 0 radical (unpaired) electrons. The van der Waals surface area contributed by atoms with Crippen LogP contribution in [0.1, 0.15) is 16.0 Å².